The van der Waals surface area contributed by atoms with Gasteiger partial charge in [0.2, 0.25) is 5.78 Å². The molecule has 1 amide bonds. The summed E-state index contributed by atoms with van der Waals surface area (Å²) in [7, 11) is 0. The largest absolute Gasteiger partial charge is 0.459 e. The van der Waals surface area contributed by atoms with Gasteiger partial charge in [-0.15, -0.1) is 0 Å². The van der Waals surface area contributed by atoms with Crippen molar-refractivity contribution >= 4 is 28.6 Å². The fourth-order valence-electron chi connectivity index (χ4n) is 4.62. The number of amides is 1. The topological polar surface area (TPSA) is 106 Å². The van der Waals surface area contributed by atoms with Crippen LogP contribution >= 0.6 is 0 Å². The number of aromatic nitrogens is 1. The number of benzene rings is 2. The van der Waals surface area contributed by atoms with E-state index in [4.69, 9.17) is 14.4 Å². The SMILES string of the molecule is N#CCCn1cc(C(=O)COC(=O)[C@@H]2Cc3ccccc3CN2C(=O)c2ccco2)c2ccccc21. The minimum absolute atomic E-state index is 0.133. The third kappa shape index (κ3) is 4.39. The van der Waals surface area contributed by atoms with Crippen LogP contribution in [0.1, 0.15) is 38.5 Å². The molecule has 1 atom stereocenters. The molecule has 8 nitrogen and oxygen atoms in total. The van der Waals surface area contributed by atoms with Crippen LogP contribution in [-0.2, 0) is 29.0 Å². The number of nitriles is 1. The van der Waals surface area contributed by atoms with Crippen LogP contribution < -0.4 is 0 Å². The Labute approximate surface area is 207 Å². The number of esters is 1. The Morgan fingerprint density at radius 2 is 1.81 bits per heavy atom. The van der Waals surface area contributed by atoms with Crippen LogP contribution in [0.5, 0.6) is 0 Å². The number of hydrogen-bond acceptors (Lipinski definition) is 6. The average molecular weight is 482 g/mol. The van der Waals surface area contributed by atoms with E-state index in [1.165, 1.54) is 11.2 Å². The highest BCUT2D eigenvalue weighted by molar-refractivity contribution is 6.09. The van der Waals surface area contributed by atoms with Crippen molar-refractivity contribution in [1.82, 2.24) is 9.47 Å². The molecule has 2 aromatic heterocycles. The van der Waals surface area contributed by atoms with Crippen LogP contribution in [0.4, 0.5) is 0 Å². The first-order chi connectivity index (χ1) is 17.6. The number of carbonyl (C=O) groups excluding carboxylic acids is 3. The lowest BCUT2D eigenvalue weighted by atomic mass is 9.93. The number of rotatable bonds is 7. The van der Waals surface area contributed by atoms with E-state index < -0.39 is 24.5 Å². The van der Waals surface area contributed by atoms with Crippen LogP contribution in [0.2, 0.25) is 0 Å². The molecule has 0 radical (unpaired) electrons. The summed E-state index contributed by atoms with van der Waals surface area (Å²) in [4.78, 5) is 40.8. The van der Waals surface area contributed by atoms with Crippen LogP contribution in [0.15, 0.2) is 77.5 Å². The molecule has 8 heteroatoms. The smallest absolute Gasteiger partial charge is 0.329 e. The summed E-state index contributed by atoms with van der Waals surface area (Å²) < 4.78 is 12.6. The molecule has 5 rings (SSSR count). The van der Waals surface area contributed by atoms with Gasteiger partial charge >= 0.3 is 5.97 Å². The first-order valence-corrected chi connectivity index (χ1v) is 11.6. The Bertz CT molecular complexity index is 1480. The highest BCUT2D eigenvalue weighted by Gasteiger charge is 2.37. The summed E-state index contributed by atoms with van der Waals surface area (Å²) in [6, 6.07) is 19.4. The predicted molar refractivity (Wildman–Crippen MR) is 130 cm³/mol. The molecule has 1 aliphatic heterocycles. The lowest BCUT2D eigenvalue weighted by Gasteiger charge is -2.34. The van der Waals surface area contributed by atoms with Crippen molar-refractivity contribution in [2.75, 3.05) is 6.61 Å². The molecule has 36 heavy (non-hydrogen) atoms. The zero-order chi connectivity index (χ0) is 25.1. The molecular formula is C28H23N3O5. The number of hydrogen-bond donors (Lipinski definition) is 0. The number of aryl methyl sites for hydroxylation is 1. The Hall–Kier alpha value is -4.64. The van der Waals surface area contributed by atoms with Gasteiger partial charge < -0.3 is 18.6 Å². The van der Waals surface area contributed by atoms with Crippen molar-refractivity contribution in [2.24, 2.45) is 0 Å². The number of nitrogens with zero attached hydrogens (tertiary/aromatic N) is 3. The lowest BCUT2D eigenvalue weighted by molar-refractivity contribution is -0.148. The number of ether oxygens (including phenoxy) is 1. The molecule has 0 aliphatic carbocycles. The second-order valence-corrected chi connectivity index (χ2v) is 8.59. The van der Waals surface area contributed by atoms with E-state index in [1.54, 1.807) is 18.3 Å². The minimum Gasteiger partial charge on any atom is -0.459 e. The van der Waals surface area contributed by atoms with Crippen LogP contribution in [0, 0.1) is 11.3 Å². The zero-order valence-corrected chi connectivity index (χ0v) is 19.4. The summed E-state index contributed by atoms with van der Waals surface area (Å²) >= 11 is 0. The van der Waals surface area contributed by atoms with Crippen molar-refractivity contribution < 1.29 is 23.5 Å². The van der Waals surface area contributed by atoms with Crippen LogP contribution in [0.3, 0.4) is 0 Å². The first kappa shape index (κ1) is 23.1. The van der Waals surface area contributed by atoms with E-state index in [1.807, 2.05) is 53.1 Å². The Kier molecular flexibility index (Phi) is 6.37. The molecule has 0 saturated heterocycles. The standard InChI is InChI=1S/C28H23N3O5/c29-12-6-13-30-17-22(21-9-3-4-10-23(21)30)25(32)18-36-28(34)24-15-19-7-1-2-8-20(19)16-31(24)27(33)26-11-5-14-35-26/h1-5,7-11,14,17,24H,6,13,15-16,18H2/t24-/m0/s1. The molecule has 4 aromatic rings. The summed E-state index contributed by atoms with van der Waals surface area (Å²) in [6.45, 7) is 0.233. The minimum atomic E-state index is -0.887. The van der Waals surface area contributed by atoms with Gasteiger partial charge in [-0.3, -0.25) is 9.59 Å². The van der Waals surface area contributed by atoms with E-state index in [2.05, 4.69) is 6.07 Å². The molecular weight excluding hydrogens is 458 g/mol. The molecule has 0 saturated carbocycles. The first-order valence-electron chi connectivity index (χ1n) is 11.6. The van der Waals surface area contributed by atoms with Crippen molar-refractivity contribution in [1.29, 1.82) is 5.26 Å². The molecule has 0 fully saturated rings. The fourth-order valence-corrected chi connectivity index (χ4v) is 4.62. The maximum atomic E-state index is 13.2. The number of fused-ring (bicyclic) bond motifs is 2. The molecule has 0 bridgehead atoms. The van der Waals surface area contributed by atoms with Gasteiger partial charge in [-0.2, -0.15) is 5.26 Å². The van der Waals surface area contributed by atoms with E-state index in [0.717, 1.165) is 22.0 Å². The summed E-state index contributed by atoms with van der Waals surface area (Å²) in [5.41, 5.74) is 3.16. The van der Waals surface area contributed by atoms with Gasteiger partial charge in [0, 0.05) is 42.2 Å². The highest BCUT2D eigenvalue weighted by Crippen LogP contribution is 2.27. The van der Waals surface area contributed by atoms with Gasteiger partial charge in [-0.1, -0.05) is 42.5 Å². The van der Waals surface area contributed by atoms with Gasteiger partial charge in [-0.05, 0) is 29.3 Å². The third-order valence-corrected chi connectivity index (χ3v) is 6.41. The summed E-state index contributed by atoms with van der Waals surface area (Å²) in [6.07, 6.45) is 3.69. The van der Waals surface area contributed by atoms with E-state index >= 15 is 0 Å². The quantitative estimate of drug-likeness (QED) is 0.290. The summed E-state index contributed by atoms with van der Waals surface area (Å²) in [5, 5.41) is 9.68. The van der Waals surface area contributed by atoms with Gasteiger partial charge in [0.05, 0.1) is 18.8 Å². The van der Waals surface area contributed by atoms with Crippen molar-refractivity contribution in [3.8, 4) is 6.07 Å². The monoisotopic (exact) mass is 481 g/mol. The van der Waals surface area contributed by atoms with Crippen LogP contribution in [0.25, 0.3) is 10.9 Å². The zero-order valence-electron chi connectivity index (χ0n) is 19.4. The Morgan fingerprint density at radius 1 is 1.03 bits per heavy atom. The van der Waals surface area contributed by atoms with Crippen molar-refractivity contribution in [3.63, 3.8) is 0 Å². The number of carbonyl (C=O) groups is 3. The van der Waals surface area contributed by atoms with Gasteiger partial charge in [-0.25, -0.2) is 4.79 Å². The molecule has 0 N–H and O–H groups in total. The molecule has 2 aromatic carbocycles. The highest BCUT2D eigenvalue weighted by atomic mass is 16.5. The number of furan rings is 1. The van der Waals surface area contributed by atoms with Gasteiger partial charge in [0.25, 0.3) is 5.91 Å². The lowest BCUT2D eigenvalue weighted by Crippen LogP contribution is -2.49. The average Bonchev–Trinajstić information content (AvgIpc) is 3.58. The third-order valence-electron chi connectivity index (χ3n) is 6.41. The van der Waals surface area contributed by atoms with Crippen LogP contribution in [-0.4, -0.2) is 39.8 Å². The van der Waals surface area contributed by atoms with Crippen molar-refractivity contribution in [3.05, 3.63) is 95.6 Å². The predicted octanol–water partition coefficient (Wildman–Crippen LogP) is 4.14. The molecule has 1 aliphatic rings. The Balaban J connectivity index is 1.35. The molecule has 3 heterocycles. The second kappa shape index (κ2) is 9.92. The normalized spacial score (nSPS) is 14.8. The van der Waals surface area contributed by atoms with Gasteiger partial charge in [0.15, 0.2) is 12.4 Å². The number of ketones is 1. The second-order valence-electron chi connectivity index (χ2n) is 8.59. The fraction of sp³-hybridized carbons (Fsp3) is 0.214. The Morgan fingerprint density at radius 3 is 2.58 bits per heavy atom. The maximum absolute atomic E-state index is 13.2. The summed E-state index contributed by atoms with van der Waals surface area (Å²) in [5.74, 6) is -1.28. The molecule has 0 spiro atoms. The van der Waals surface area contributed by atoms with Crippen molar-refractivity contribution in [2.45, 2.75) is 32.0 Å². The maximum Gasteiger partial charge on any atom is 0.329 e. The van der Waals surface area contributed by atoms with E-state index in [9.17, 15) is 14.4 Å². The van der Waals surface area contributed by atoms with E-state index in [-0.39, 0.29) is 24.5 Å². The molecule has 0 unspecified atom stereocenters. The number of para-hydroxylation sites is 1. The van der Waals surface area contributed by atoms with Gasteiger partial charge in [0.1, 0.15) is 6.04 Å². The number of Topliss-reactive ketones (excluding diaryl/α,β-unsaturated/α-hetero) is 1. The van der Waals surface area contributed by atoms with E-state index in [0.29, 0.717) is 18.5 Å². The molecule has 180 valence electrons.